The minimum Gasteiger partial charge on any atom is -0.241 e. The predicted octanol–water partition coefficient (Wildman–Crippen LogP) is 4.60. The van der Waals surface area contributed by atoms with Crippen LogP contribution < -0.4 is 4.57 Å². The summed E-state index contributed by atoms with van der Waals surface area (Å²) in [5, 5.41) is 0. The van der Waals surface area contributed by atoms with Crippen molar-refractivity contribution in [2.75, 3.05) is 0 Å². The van der Waals surface area contributed by atoms with Gasteiger partial charge in [-0.2, -0.15) is 0 Å². The molecule has 1 fully saturated rings. The Hall–Kier alpha value is -2.55. The van der Waals surface area contributed by atoms with Crippen molar-refractivity contribution in [3.05, 3.63) is 66.2 Å². The number of pyridine rings is 1. The van der Waals surface area contributed by atoms with Gasteiger partial charge in [-0.3, -0.25) is 0 Å². The minimum absolute atomic E-state index is 0.538. The van der Waals surface area contributed by atoms with Crippen LogP contribution in [0.5, 0.6) is 0 Å². The summed E-state index contributed by atoms with van der Waals surface area (Å²) in [4.78, 5) is 9.43. The summed E-state index contributed by atoms with van der Waals surface area (Å²) in [5.74, 6) is 1.55. The van der Waals surface area contributed by atoms with Gasteiger partial charge in [-0.05, 0) is 37.5 Å². The van der Waals surface area contributed by atoms with Gasteiger partial charge in [0.05, 0.1) is 5.69 Å². The molecule has 2 aromatic heterocycles. The fraction of sp³-hybridized carbons (Fsp3) is 0.318. The molecule has 1 aliphatic carbocycles. The van der Waals surface area contributed by atoms with Crippen LogP contribution in [0.2, 0.25) is 0 Å². The molecule has 0 saturated heterocycles. The summed E-state index contributed by atoms with van der Waals surface area (Å²) < 4.78 is 2.17. The molecule has 3 nitrogen and oxygen atoms in total. The van der Waals surface area contributed by atoms with E-state index in [2.05, 4.69) is 66.1 Å². The van der Waals surface area contributed by atoms with Crippen LogP contribution in [-0.4, -0.2) is 9.97 Å². The van der Waals surface area contributed by atoms with E-state index in [0.29, 0.717) is 5.92 Å². The number of hydrogen-bond donors (Lipinski definition) is 0. The Balaban J connectivity index is 1.76. The summed E-state index contributed by atoms with van der Waals surface area (Å²) in [6.07, 6.45) is 9.09. The van der Waals surface area contributed by atoms with Crippen molar-refractivity contribution in [3.8, 4) is 22.5 Å². The lowest BCUT2D eigenvalue weighted by atomic mass is 10.0. The molecule has 126 valence electrons. The van der Waals surface area contributed by atoms with E-state index in [1.807, 2.05) is 12.3 Å². The molecule has 0 radical (unpaired) electrons. The molecule has 3 heteroatoms. The molecule has 0 atom stereocenters. The first-order chi connectivity index (χ1) is 12.2. The average Bonchev–Trinajstić information content (AvgIpc) is 3.18. The van der Waals surface area contributed by atoms with Gasteiger partial charge in [0.25, 0.3) is 0 Å². The van der Waals surface area contributed by atoms with Gasteiger partial charge in [0.15, 0.2) is 6.20 Å². The molecule has 3 aromatic rings. The molecule has 0 amide bonds. The first kappa shape index (κ1) is 15.9. The fourth-order valence-electron chi connectivity index (χ4n) is 3.77. The van der Waals surface area contributed by atoms with E-state index < -0.39 is 0 Å². The van der Waals surface area contributed by atoms with Crippen molar-refractivity contribution in [1.82, 2.24) is 9.97 Å². The van der Waals surface area contributed by atoms with Crippen LogP contribution in [0.25, 0.3) is 22.5 Å². The Morgan fingerprint density at radius 3 is 2.64 bits per heavy atom. The van der Waals surface area contributed by atoms with Crippen LogP contribution in [0.3, 0.4) is 0 Å². The van der Waals surface area contributed by atoms with Gasteiger partial charge < -0.3 is 0 Å². The summed E-state index contributed by atoms with van der Waals surface area (Å²) >= 11 is 0. The molecule has 25 heavy (non-hydrogen) atoms. The zero-order valence-corrected chi connectivity index (χ0v) is 14.9. The van der Waals surface area contributed by atoms with Crippen LogP contribution in [-0.2, 0) is 7.05 Å². The lowest BCUT2D eigenvalue weighted by Gasteiger charge is -2.10. The Kier molecular flexibility index (Phi) is 4.31. The van der Waals surface area contributed by atoms with Gasteiger partial charge in [0.1, 0.15) is 12.9 Å². The SMILES string of the molecule is Cc1ccccc1-c1cc(-c2ccnc(C3CCCC3)n2)cc[n+]1C. The molecule has 0 bridgehead atoms. The Labute approximate surface area is 149 Å². The lowest BCUT2D eigenvalue weighted by molar-refractivity contribution is -0.660. The second kappa shape index (κ2) is 6.75. The van der Waals surface area contributed by atoms with Crippen molar-refractivity contribution in [2.24, 2.45) is 7.05 Å². The average molecular weight is 330 g/mol. The summed E-state index contributed by atoms with van der Waals surface area (Å²) in [7, 11) is 2.09. The molecule has 0 N–H and O–H groups in total. The highest BCUT2D eigenvalue weighted by molar-refractivity contribution is 5.68. The largest absolute Gasteiger partial charge is 0.241 e. The third-order valence-electron chi connectivity index (χ3n) is 5.26. The molecule has 0 spiro atoms. The second-order valence-electron chi connectivity index (χ2n) is 7.01. The number of aromatic nitrogens is 3. The van der Waals surface area contributed by atoms with Gasteiger partial charge in [0.2, 0.25) is 5.69 Å². The number of rotatable bonds is 3. The topological polar surface area (TPSA) is 29.7 Å². The van der Waals surface area contributed by atoms with Crippen molar-refractivity contribution < 1.29 is 4.57 Å². The highest BCUT2D eigenvalue weighted by Gasteiger charge is 2.20. The predicted molar refractivity (Wildman–Crippen MR) is 100 cm³/mol. The minimum atomic E-state index is 0.538. The number of nitrogens with zero attached hydrogens (tertiary/aromatic N) is 3. The van der Waals surface area contributed by atoms with Gasteiger partial charge in [-0.25, -0.2) is 14.5 Å². The Bertz CT molecular complexity index is 895. The lowest BCUT2D eigenvalue weighted by Crippen LogP contribution is -2.30. The van der Waals surface area contributed by atoms with Gasteiger partial charge in [-0.15, -0.1) is 0 Å². The van der Waals surface area contributed by atoms with Gasteiger partial charge in [-0.1, -0.05) is 31.0 Å². The van der Waals surface area contributed by atoms with Crippen molar-refractivity contribution in [2.45, 2.75) is 38.5 Å². The number of aryl methyl sites for hydroxylation is 2. The normalized spacial score (nSPS) is 14.8. The molecule has 2 heterocycles. The zero-order chi connectivity index (χ0) is 17.2. The van der Waals surface area contributed by atoms with Crippen LogP contribution in [0.15, 0.2) is 54.9 Å². The molecule has 1 aliphatic rings. The van der Waals surface area contributed by atoms with Gasteiger partial charge in [0, 0.05) is 35.4 Å². The van der Waals surface area contributed by atoms with Crippen LogP contribution in [0.1, 0.15) is 43.0 Å². The van der Waals surface area contributed by atoms with E-state index in [4.69, 9.17) is 4.98 Å². The van der Waals surface area contributed by atoms with E-state index in [9.17, 15) is 0 Å². The highest BCUT2D eigenvalue weighted by Crippen LogP contribution is 2.33. The third-order valence-corrected chi connectivity index (χ3v) is 5.26. The first-order valence-electron chi connectivity index (χ1n) is 9.11. The summed E-state index contributed by atoms with van der Waals surface area (Å²) in [6.45, 7) is 2.16. The first-order valence-corrected chi connectivity index (χ1v) is 9.11. The fourth-order valence-corrected chi connectivity index (χ4v) is 3.77. The number of hydrogen-bond acceptors (Lipinski definition) is 2. The van der Waals surface area contributed by atoms with E-state index in [1.165, 1.54) is 42.5 Å². The van der Waals surface area contributed by atoms with Crippen molar-refractivity contribution in [3.63, 3.8) is 0 Å². The molecule has 1 aromatic carbocycles. The maximum absolute atomic E-state index is 4.89. The molecular formula is C22H24N3+. The van der Waals surface area contributed by atoms with Crippen LogP contribution in [0.4, 0.5) is 0 Å². The smallest absolute Gasteiger partial charge is 0.213 e. The number of benzene rings is 1. The molecule has 0 unspecified atom stereocenters. The van der Waals surface area contributed by atoms with E-state index in [0.717, 1.165) is 17.1 Å². The van der Waals surface area contributed by atoms with Crippen LogP contribution in [0, 0.1) is 6.92 Å². The monoisotopic (exact) mass is 330 g/mol. The molecule has 4 rings (SSSR count). The molecule has 0 aliphatic heterocycles. The van der Waals surface area contributed by atoms with E-state index in [1.54, 1.807) is 0 Å². The van der Waals surface area contributed by atoms with E-state index >= 15 is 0 Å². The Morgan fingerprint density at radius 2 is 1.84 bits per heavy atom. The quantitative estimate of drug-likeness (QED) is 0.657. The Morgan fingerprint density at radius 1 is 1.04 bits per heavy atom. The second-order valence-corrected chi connectivity index (χ2v) is 7.01. The molecular weight excluding hydrogens is 306 g/mol. The van der Waals surface area contributed by atoms with Gasteiger partial charge >= 0.3 is 0 Å². The highest BCUT2D eigenvalue weighted by atomic mass is 14.9. The summed E-state index contributed by atoms with van der Waals surface area (Å²) in [5.41, 5.74) is 5.92. The summed E-state index contributed by atoms with van der Waals surface area (Å²) in [6, 6.07) is 14.9. The van der Waals surface area contributed by atoms with Crippen molar-refractivity contribution >= 4 is 0 Å². The standard InChI is InChI=1S/C22H24N3/c1-16-7-3-6-10-19(16)21-15-18(12-14-25(21)2)20-11-13-23-22(24-20)17-8-4-5-9-17/h3,6-7,10-15,17H,4-5,8-9H2,1-2H3/q+1. The zero-order valence-electron chi connectivity index (χ0n) is 14.9. The van der Waals surface area contributed by atoms with Crippen molar-refractivity contribution in [1.29, 1.82) is 0 Å². The van der Waals surface area contributed by atoms with Crippen LogP contribution >= 0.6 is 0 Å². The third kappa shape index (κ3) is 3.19. The van der Waals surface area contributed by atoms with E-state index in [-0.39, 0.29) is 0 Å². The molecule has 1 saturated carbocycles. The maximum atomic E-state index is 4.89. The maximum Gasteiger partial charge on any atom is 0.213 e.